The SMILES string of the molecule is CN(CCCCCO)C(=O)c1ccc(Br)cc1N. The van der Waals surface area contributed by atoms with Crippen molar-refractivity contribution >= 4 is 27.5 Å². The second-order valence-corrected chi connectivity index (χ2v) is 5.16. The summed E-state index contributed by atoms with van der Waals surface area (Å²) in [4.78, 5) is 13.8. The number of anilines is 1. The number of nitrogens with zero attached hydrogens (tertiary/aromatic N) is 1. The van der Waals surface area contributed by atoms with Crippen LogP contribution in [0.4, 0.5) is 5.69 Å². The number of carbonyl (C=O) groups excluding carboxylic acids is 1. The summed E-state index contributed by atoms with van der Waals surface area (Å²) in [7, 11) is 1.77. The van der Waals surface area contributed by atoms with Gasteiger partial charge in [-0.1, -0.05) is 15.9 Å². The fraction of sp³-hybridized carbons (Fsp3) is 0.462. The Balaban J connectivity index is 2.57. The van der Waals surface area contributed by atoms with E-state index in [1.165, 1.54) is 0 Å². The van der Waals surface area contributed by atoms with Gasteiger partial charge in [0.2, 0.25) is 0 Å². The Bertz CT molecular complexity index is 410. The van der Waals surface area contributed by atoms with Crippen molar-refractivity contribution < 1.29 is 9.90 Å². The van der Waals surface area contributed by atoms with Gasteiger partial charge >= 0.3 is 0 Å². The normalized spacial score (nSPS) is 10.4. The lowest BCUT2D eigenvalue weighted by Crippen LogP contribution is -2.28. The van der Waals surface area contributed by atoms with E-state index >= 15 is 0 Å². The van der Waals surface area contributed by atoms with E-state index in [0.29, 0.717) is 17.8 Å². The van der Waals surface area contributed by atoms with Gasteiger partial charge < -0.3 is 15.7 Å². The number of halogens is 1. The van der Waals surface area contributed by atoms with Crippen LogP contribution in [-0.2, 0) is 0 Å². The molecule has 0 atom stereocenters. The van der Waals surface area contributed by atoms with Crippen LogP contribution in [0, 0.1) is 0 Å². The summed E-state index contributed by atoms with van der Waals surface area (Å²) in [6.07, 6.45) is 2.59. The van der Waals surface area contributed by atoms with E-state index in [1.54, 1.807) is 24.1 Å². The lowest BCUT2D eigenvalue weighted by atomic mass is 10.1. The first kappa shape index (κ1) is 15.0. The summed E-state index contributed by atoms with van der Waals surface area (Å²) in [5, 5.41) is 8.68. The fourth-order valence-electron chi connectivity index (χ4n) is 1.67. The first-order valence-corrected chi connectivity index (χ1v) is 6.77. The van der Waals surface area contributed by atoms with Crippen LogP contribution in [0.2, 0.25) is 0 Å². The van der Waals surface area contributed by atoms with Gasteiger partial charge in [-0.05, 0) is 37.5 Å². The molecule has 0 unspecified atom stereocenters. The molecule has 3 N–H and O–H groups in total. The molecule has 0 saturated carbocycles. The van der Waals surface area contributed by atoms with E-state index in [-0.39, 0.29) is 12.5 Å². The molecule has 18 heavy (non-hydrogen) atoms. The summed E-state index contributed by atoms with van der Waals surface area (Å²) in [5.74, 6) is -0.0657. The van der Waals surface area contributed by atoms with E-state index in [9.17, 15) is 4.79 Å². The summed E-state index contributed by atoms with van der Waals surface area (Å²) in [5.41, 5.74) is 6.84. The number of hydrogen-bond donors (Lipinski definition) is 2. The molecule has 0 heterocycles. The molecule has 0 spiro atoms. The van der Waals surface area contributed by atoms with Gasteiger partial charge in [-0.25, -0.2) is 0 Å². The highest BCUT2D eigenvalue weighted by Gasteiger charge is 2.14. The number of hydrogen-bond acceptors (Lipinski definition) is 3. The largest absolute Gasteiger partial charge is 0.398 e. The smallest absolute Gasteiger partial charge is 0.255 e. The van der Waals surface area contributed by atoms with Crippen molar-refractivity contribution in [1.82, 2.24) is 4.90 Å². The standard InChI is InChI=1S/C13H19BrN2O2/c1-16(7-3-2-4-8-17)13(18)11-6-5-10(14)9-12(11)15/h5-6,9,17H,2-4,7-8,15H2,1H3. The van der Waals surface area contributed by atoms with E-state index in [2.05, 4.69) is 15.9 Å². The highest BCUT2D eigenvalue weighted by Crippen LogP contribution is 2.19. The van der Waals surface area contributed by atoms with Gasteiger partial charge in [0, 0.05) is 30.4 Å². The van der Waals surface area contributed by atoms with Crippen molar-refractivity contribution in [2.24, 2.45) is 0 Å². The number of benzene rings is 1. The van der Waals surface area contributed by atoms with E-state index in [0.717, 1.165) is 23.7 Å². The summed E-state index contributed by atoms with van der Waals surface area (Å²) in [6, 6.07) is 5.27. The van der Waals surface area contributed by atoms with Crippen molar-refractivity contribution in [3.63, 3.8) is 0 Å². The number of aliphatic hydroxyl groups excluding tert-OH is 1. The number of carbonyl (C=O) groups is 1. The molecule has 100 valence electrons. The van der Waals surface area contributed by atoms with Gasteiger partial charge in [0.25, 0.3) is 5.91 Å². The third-order valence-corrected chi connectivity index (χ3v) is 3.24. The molecule has 1 aromatic carbocycles. The number of nitrogens with two attached hydrogens (primary N) is 1. The molecule has 0 fully saturated rings. The molecule has 0 saturated heterocycles. The second-order valence-electron chi connectivity index (χ2n) is 4.24. The molecule has 5 heteroatoms. The van der Waals surface area contributed by atoms with Gasteiger partial charge in [-0.15, -0.1) is 0 Å². The first-order chi connectivity index (χ1) is 8.56. The zero-order chi connectivity index (χ0) is 13.5. The van der Waals surface area contributed by atoms with Crippen molar-refractivity contribution in [3.8, 4) is 0 Å². The molecule has 1 amide bonds. The number of unbranched alkanes of at least 4 members (excludes halogenated alkanes) is 2. The zero-order valence-corrected chi connectivity index (χ0v) is 12.1. The molecule has 0 aliphatic rings. The minimum absolute atomic E-state index is 0.0657. The molecular formula is C13H19BrN2O2. The highest BCUT2D eigenvalue weighted by molar-refractivity contribution is 9.10. The number of rotatable bonds is 6. The Morgan fingerprint density at radius 3 is 2.72 bits per heavy atom. The Labute approximate surface area is 116 Å². The maximum absolute atomic E-state index is 12.1. The number of amides is 1. The molecule has 1 rings (SSSR count). The van der Waals surface area contributed by atoms with Gasteiger partial charge in [-0.2, -0.15) is 0 Å². The van der Waals surface area contributed by atoms with Gasteiger partial charge in [-0.3, -0.25) is 4.79 Å². The number of nitrogen functional groups attached to an aromatic ring is 1. The van der Waals surface area contributed by atoms with Crippen molar-refractivity contribution in [1.29, 1.82) is 0 Å². The topological polar surface area (TPSA) is 66.6 Å². The third kappa shape index (κ3) is 4.31. The van der Waals surface area contributed by atoms with Crippen LogP contribution >= 0.6 is 15.9 Å². The van der Waals surface area contributed by atoms with E-state index in [1.807, 2.05) is 6.07 Å². The Morgan fingerprint density at radius 1 is 1.39 bits per heavy atom. The molecule has 0 aromatic heterocycles. The predicted octanol–water partition coefficient (Wildman–Crippen LogP) is 2.27. The van der Waals surface area contributed by atoms with Crippen LogP contribution in [0.5, 0.6) is 0 Å². The lowest BCUT2D eigenvalue weighted by molar-refractivity contribution is 0.0793. The minimum Gasteiger partial charge on any atom is -0.398 e. The molecule has 0 radical (unpaired) electrons. The van der Waals surface area contributed by atoms with Crippen molar-refractivity contribution in [3.05, 3.63) is 28.2 Å². The second kappa shape index (κ2) is 7.38. The molecule has 0 bridgehead atoms. The highest BCUT2D eigenvalue weighted by atomic mass is 79.9. The molecule has 1 aromatic rings. The Morgan fingerprint density at radius 2 is 2.11 bits per heavy atom. The first-order valence-electron chi connectivity index (χ1n) is 5.97. The summed E-state index contributed by atoms with van der Waals surface area (Å²) < 4.78 is 0.863. The lowest BCUT2D eigenvalue weighted by Gasteiger charge is -2.18. The van der Waals surface area contributed by atoms with Crippen LogP contribution in [0.1, 0.15) is 29.6 Å². The average Bonchev–Trinajstić information content (AvgIpc) is 2.33. The maximum Gasteiger partial charge on any atom is 0.255 e. The average molecular weight is 315 g/mol. The molecule has 0 aliphatic heterocycles. The van der Waals surface area contributed by atoms with Crippen LogP contribution in [-0.4, -0.2) is 36.1 Å². The van der Waals surface area contributed by atoms with Gasteiger partial charge in [0.1, 0.15) is 0 Å². The van der Waals surface area contributed by atoms with Gasteiger partial charge in [0.15, 0.2) is 0 Å². The van der Waals surface area contributed by atoms with Crippen LogP contribution in [0.25, 0.3) is 0 Å². The fourth-order valence-corrected chi connectivity index (χ4v) is 2.05. The quantitative estimate of drug-likeness (QED) is 0.625. The Hall–Kier alpha value is -1.07. The Kier molecular flexibility index (Phi) is 6.15. The molecule has 4 nitrogen and oxygen atoms in total. The maximum atomic E-state index is 12.1. The van der Waals surface area contributed by atoms with E-state index < -0.39 is 0 Å². The number of aliphatic hydroxyl groups is 1. The van der Waals surface area contributed by atoms with Crippen LogP contribution in [0.15, 0.2) is 22.7 Å². The molecular weight excluding hydrogens is 296 g/mol. The molecule has 0 aliphatic carbocycles. The third-order valence-electron chi connectivity index (χ3n) is 2.74. The van der Waals surface area contributed by atoms with Crippen LogP contribution in [0.3, 0.4) is 0 Å². The predicted molar refractivity (Wildman–Crippen MR) is 76.5 cm³/mol. The van der Waals surface area contributed by atoms with E-state index in [4.69, 9.17) is 10.8 Å². The monoisotopic (exact) mass is 314 g/mol. The minimum atomic E-state index is -0.0657. The van der Waals surface area contributed by atoms with Crippen molar-refractivity contribution in [2.75, 3.05) is 25.9 Å². The summed E-state index contributed by atoms with van der Waals surface area (Å²) >= 11 is 3.31. The van der Waals surface area contributed by atoms with Crippen LogP contribution < -0.4 is 5.73 Å². The van der Waals surface area contributed by atoms with Crippen molar-refractivity contribution in [2.45, 2.75) is 19.3 Å². The zero-order valence-electron chi connectivity index (χ0n) is 10.5. The van der Waals surface area contributed by atoms with Gasteiger partial charge in [0.05, 0.1) is 5.56 Å². The summed E-state index contributed by atoms with van der Waals surface area (Å²) in [6.45, 7) is 0.881.